The molecule has 0 bridgehead atoms. The molecule has 0 aliphatic carbocycles. The van der Waals surface area contributed by atoms with Crippen LogP contribution in [0, 0.1) is 0 Å². The van der Waals surface area contributed by atoms with E-state index in [4.69, 9.17) is 16.3 Å². The Morgan fingerprint density at radius 2 is 1.96 bits per heavy atom. The molecule has 1 N–H and O–H groups in total. The van der Waals surface area contributed by atoms with E-state index in [9.17, 15) is 4.79 Å². The number of rotatable bonds is 6. The van der Waals surface area contributed by atoms with Gasteiger partial charge < -0.3 is 19.9 Å². The van der Waals surface area contributed by atoms with Crippen molar-refractivity contribution in [2.75, 3.05) is 50.1 Å². The Labute approximate surface area is 171 Å². The zero-order valence-corrected chi connectivity index (χ0v) is 17.1. The highest BCUT2D eigenvalue weighted by molar-refractivity contribution is 6.30. The second-order valence-electron chi connectivity index (χ2n) is 6.78. The van der Waals surface area contributed by atoms with Crippen LogP contribution in [0.25, 0.3) is 6.08 Å². The Hall–Kier alpha value is -2.50. The number of hydrogen-bond acceptors (Lipinski definition) is 4. The first kappa shape index (κ1) is 20.2. The van der Waals surface area contributed by atoms with Crippen LogP contribution in [0.2, 0.25) is 5.02 Å². The van der Waals surface area contributed by atoms with Gasteiger partial charge in [0.15, 0.2) is 0 Å². The van der Waals surface area contributed by atoms with Gasteiger partial charge in [-0.25, -0.2) is 0 Å². The molecule has 0 saturated carbocycles. The predicted octanol–water partition coefficient (Wildman–Crippen LogP) is 4.14. The normalized spacial score (nSPS) is 15.0. The standard InChI is InChI=1S/C22H26ClN3O2/c1-3-28-21-16-19(26-13-11-25(2)12-14-26)8-9-20(21)24-22(27)10-7-17-5-4-6-18(23)15-17/h4-10,15-16H,3,11-14H2,1-2H3,(H,24,27)/b10-7-. The number of carbonyl (C=O) groups is 1. The molecule has 6 heteroatoms. The van der Waals surface area contributed by atoms with Crippen LogP contribution in [0.4, 0.5) is 11.4 Å². The van der Waals surface area contributed by atoms with Gasteiger partial charge in [0.05, 0.1) is 12.3 Å². The summed E-state index contributed by atoms with van der Waals surface area (Å²) in [7, 11) is 2.14. The molecule has 1 fully saturated rings. The molecule has 148 valence electrons. The van der Waals surface area contributed by atoms with Crippen molar-refractivity contribution in [3.05, 3.63) is 59.1 Å². The lowest BCUT2D eigenvalue weighted by Crippen LogP contribution is -2.44. The van der Waals surface area contributed by atoms with Gasteiger partial charge in [-0.1, -0.05) is 23.7 Å². The summed E-state index contributed by atoms with van der Waals surface area (Å²) >= 11 is 5.97. The lowest BCUT2D eigenvalue weighted by molar-refractivity contribution is -0.111. The van der Waals surface area contributed by atoms with Gasteiger partial charge in [-0.2, -0.15) is 0 Å². The van der Waals surface area contributed by atoms with Crippen molar-refractivity contribution in [2.24, 2.45) is 0 Å². The van der Waals surface area contributed by atoms with E-state index >= 15 is 0 Å². The van der Waals surface area contributed by atoms with Crippen molar-refractivity contribution in [3.63, 3.8) is 0 Å². The molecule has 1 heterocycles. The van der Waals surface area contributed by atoms with Gasteiger partial charge in [0.2, 0.25) is 5.91 Å². The van der Waals surface area contributed by atoms with E-state index in [1.54, 1.807) is 12.1 Å². The Balaban J connectivity index is 1.70. The third kappa shape index (κ3) is 5.50. The Morgan fingerprint density at radius 1 is 1.18 bits per heavy atom. The van der Waals surface area contributed by atoms with E-state index in [0.29, 0.717) is 23.1 Å². The predicted molar refractivity (Wildman–Crippen MR) is 116 cm³/mol. The zero-order chi connectivity index (χ0) is 19.9. The van der Waals surface area contributed by atoms with Crippen LogP contribution in [0.3, 0.4) is 0 Å². The Kier molecular flexibility index (Phi) is 6.95. The molecule has 0 aromatic heterocycles. The van der Waals surface area contributed by atoms with E-state index in [1.807, 2.05) is 43.3 Å². The molecule has 28 heavy (non-hydrogen) atoms. The average Bonchev–Trinajstić information content (AvgIpc) is 2.69. The molecular formula is C22H26ClN3O2. The number of likely N-dealkylation sites (N-methyl/N-ethyl adjacent to an activating group) is 1. The SMILES string of the molecule is CCOc1cc(N2CCN(C)CC2)ccc1NC(=O)/C=C\c1cccc(Cl)c1. The summed E-state index contributed by atoms with van der Waals surface area (Å²) in [4.78, 5) is 17.0. The number of nitrogens with one attached hydrogen (secondary N) is 1. The molecular weight excluding hydrogens is 374 g/mol. The van der Waals surface area contributed by atoms with Gasteiger partial charge >= 0.3 is 0 Å². The fourth-order valence-corrected chi connectivity index (χ4v) is 3.31. The van der Waals surface area contributed by atoms with Crippen molar-refractivity contribution >= 4 is 35.0 Å². The summed E-state index contributed by atoms with van der Waals surface area (Å²) < 4.78 is 5.78. The number of halogens is 1. The second kappa shape index (κ2) is 9.62. The number of ether oxygens (including phenoxy) is 1. The summed E-state index contributed by atoms with van der Waals surface area (Å²) in [6.07, 6.45) is 3.23. The van der Waals surface area contributed by atoms with E-state index in [1.165, 1.54) is 6.08 Å². The first-order valence-electron chi connectivity index (χ1n) is 9.50. The minimum atomic E-state index is -0.215. The number of nitrogens with zero attached hydrogens (tertiary/aromatic N) is 2. The first-order chi connectivity index (χ1) is 13.5. The number of hydrogen-bond donors (Lipinski definition) is 1. The molecule has 0 spiro atoms. The third-order valence-corrected chi connectivity index (χ3v) is 4.90. The molecule has 0 atom stereocenters. The van der Waals surface area contributed by atoms with Crippen molar-refractivity contribution < 1.29 is 9.53 Å². The van der Waals surface area contributed by atoms with Crippen molar-refractivity contribution in [2.45, 2.75) is 6.92 Å². The molecule has 3 rings (SSSR count). The molecule has 2 aromatic carbocycles. The van der Waals surface area contributed by atoms with Crippen LogP contribution in [0.5, 0.6) is 5.75 Å². The molecule has 1 aliphatic rings. The Bertz CT molecular complexity index is 845. The molecule has 2 aromatic rings. The molecule has 0 unspecified atom stereocenters. The topological polar surface area (TPSA) is 44.8 Å². The summed E-state index contributed by atoms with van der Waals surface area (Å²) in [6.45, 7) is 6.51. The van der Waals surface area contributed by atoms with E-state index < -0.39 is 0 Å². The van der Waals surface area contributed by atoms with E-state index in [0.717, 1.165) is 37.4 Å². The molecule has 5 nitrogen and oxygen atoms in total. The fraction of sp³-hybridized carbons (Fsp3) is 0.318. The zero-order valence-electron chi connectivity index (χ0n) is 16.3. The summed E-state index contributed by atoms with van der Waals surface area (Å²) in [6, 6.07) is 13.3. The number of piperazine rings is 1. The summed E-state index contributed by atoms with van der Waals surface area (Å²) in [5, 5.41) is 3.55. The largest absolute Gasteiger partial charge is 0.492 e. The van der Waals surface area contributed by atoms with Crippen LogP contribution < -0.4 is 15.0 Å². The summed E-state index contributed by atoms with van der Waals surface area (Å²) in [5.41, 5.74) is 2.66. The monoisotopic (exact) mass is 399 g/mol. The fourth-order valence-electron chi connectivity index (χ4n) is 3.11. The highest BCUT2D eigenvalue weighted by Crippen LogP contribution is 2.30. The number of carbonyl (C=O) groups excluding carboxylic acids is 1. The lowest BCUT2D eigenvalue weighted by atomic mass is 10.2. The third-order valence-electron chi connectivity index (χ3n) is 4.67. The van der Waals surface area contributed by atoms with Crippen molar-refractivity contribution in [3.8, 4) is 5.75 Å². The van der Waals surface area contributed by atoms with Crippen LogP contribution in [0.1, 0.15) is 12.5 Å². The minimum Gasteiger partial charge on any atom is -0.492 e. The maximum absolute atomic E-state index is 12.3. The number of benzene rings is 2. The van der Waals surface area contributed by atoms with Gasteiger partial charge in [0.1, 0.15) is 5.75 Å². The first-order valence-corrected chi connectivity index (χ1v) is 9.88. The van der Waals surface area contributed by atoms with Crippen LogP contribution in [-0.2, 0) is 4.79 Å². The summed E-state index contributed by atoms with van der Waals surface area (Å²) in [5.74, 6) is 0.469. The second-order valence-corrected chi connectivity index (χ2v) is 7.22. The highest BCUT2D eigenvalue weighted by atomic mass is 35.5. The number of amides is 1. The molecule has 0 radical (unpaired) electrons. The maximum Gasteiger partial charge on any atom is 0.248 e. The average molecular weight is 400 g/mol. The minimum absolute atomic E-state index is 0.215. The highest BCUT2D eigenvalue weighted by Gasteiger charge is 2.16. The smallest absolute Gasteiger partial charge is 0.248 e. The molecule has 1 saturated heterocycles. The van der Waals surface area contributed by atoms with Gasteiger partial charge in [-0.05, 0) is 49.9 Å². The van der Waals surface area contributed by atoms with Crippen LogP contribution in [-0.4, -0.2) is 50.6 Å². The molecule has 1 aliphatic heterocycles. The quantitative estimate of drug-likeness (QED) is 0.741. The molecule has 1 amide bonds. The van der Waals surface area contributed by atoms with Crippen molar-refractivity contribution in [1.82, 2.24) is 4.90 Å². The van der Waals surface area contributed by atoms with Crippen LogP contribution in [0.15, 0.2) is 48.5 Å². The lowest BCUT2D eigenvalue weighted by Gasteiger charge is -2.34. The Morgan fingerprint density at radius 3 is 2.68 bits per heavy atom. The van der Waals surface area contributed by atoms with Gasteiger partial charge in [0.25, 0.3) is 0 Å². The maximum atomic E-state index is 12.3. The number of anilines is 2. The van der Waals surface area contributed by atoms with Crippen molar-refractivity contribution in [1.29, 1.82) is 0 Å². The van der Waals surface area contributed by atoms with Gasteiger partial charge in [0, 0.05) is 49.0 Å². The van der Waals surface area contributed by atoms with E-state index in [2.05, 4.69) is 22.2 Å². The van der Waals surface area contributed by atoms with Crippen LogP contribution >= 0.6 is 11.6 Å². The van der Waals surface area contributed by atoms with Gasteiger partial charge in [-0.15, -0.1) is 0 Å². The van der Waals surface area contributed by atoms with Gasteiger partial charge in [-0.3, -0.25) is 4.79 Å². The van der Waals surface area contributed by atoms with E-state index in [-0.39, 0.29) is 5.91 Å².